The molecular weight excluding hydrogens is 293 g/mol. The summed E-state index contributed by atoms with van der Waals surface area (Å²) in [5.41, 5.74) is 0.858. The second-order valence-electron chi connectivity index (χ2n) is 4.45. The number of hydrogen-bond acceptors (Lipinski definition) is 4. The first-order valence-corrected chi connectivity index (χ1v) is 7.44. The maximum Gasteiger partial charge on any atom is 0.257 e. The van der Waals surface area contributed by atoms with Crippen LogP contribution in [0.2, 0.25) is 0 Å². The molecule has 0 aliphatic heterocycles. The molecule has 0 fully saturated rings. The molecule has 1 aromatic carbocycles. The quantitative estimate of drug-likeness (QED) is 0.826. The molecule has 1 atom stereocenters. The van der Waals surface area contributed by atoms with E-state index in [1.807, 2.05) is 16.8 Å². The van der Waals surface area contributed by atoms with Gasteiger partial charge in [-0.15, -0.1) is 0 Å². The van der Waals surface area contributed by atoms with Crippen LogP contribution in [0.4, 0.5) is 4.39 Å². The van der Waals surface area contributed by atoms with Gasteiger partial charge in [0.25, 0.3) is 5.91 Å². The summed E-state index contributed by atoms with van der Waals surface area (Å²) in [7, 11) is 0. The molecule has 2 N–H and O–H groups in total. The minimum atomic E-state index is -0.574. The predicted molar refractivity (Wildman–Crippen MR) is 78.8 cm³/mol. The summed E-state index contributed by atoms with van der Waals surface area (Å²) in [5, 5.41) is 16.3. The van der Waals surface area contributed by atoms with Gasteiger partial charge in [-0.25, -0.2) is 4.39 Å². The number of hydrogen-bond donors (Lipinski definition) is 2. The number of thiophene rings is 1. The number of ether oxygens (including phenoxy) is 1. The summed E-state index contributed by atoms with van der Waals surface area (Å²) in [4.78, 5) is 11.6. The number of rotatable bonds is 7. The van der Waals surface area contributed by atoms with Crippen LogP contribution in [-0.4, -0.2) is 24.2 Å². The third kappa shape index (κ3) is 5.17. The molecule has 1 unspecified atom stereocenters. The van der Waals surface area contributed by atoms with Crippen LogP contribution in [0.3, 0.4) is 0 Å². The van der Waals surface area contributed by atoms with Crippen molar-refractivity contribution in [2.75, 3.05) is 13.2 Å². The van der Waals surface area contributed by atoms with Crippen molar-refractivity contribution in [1.82, 2.24) is 5.32 Å². The van der Waals surface area contributed by atoms with Crippen molar-refractivity contribution in [3.8, 4) is 5.75 Å². The monoisotopic (exact) mass is 309 g/mol. The number of carbonyl (C=O) groups is 1. The Morgan fingerprint density at radius 1 is 1.33 bits per heavy atom. The SMILES string of the molecule is O=C(COc1ccc(F)cc1)NCCC(O)c1ccsc1. The lowest BCUT2D eigenvalue weighted by molar-refractivity contribution is -0.123. The Morgan fingerprint density at radius 3 is 2.76 bits per heavy atom. The Morgan fingerprint density at radius 2 is 2.10 bits per heavy atom. The van der Waals surface area contributed by atoms with Crippen molar-refractivity contribution in [1.29, 1.82) is 0 Å². The lowest BCUT2D eigenvalue weighted by atomic mass is 10.1. The molecule has 0 saturated carbocycles. The fraction of sp³-hybridized carbons (Fsp3) is 0.267. The second-order valence-corrected chi connectivity index (χ2v) is 5.23. The van der Waals surface area contributed by atoms with E-state index < -0.39 is 6.10 Å². The fourth-order valence-electron chi connectivity index (χ4n) is 1.71. The summed E-state index contributed by atoms with van der Waals surface area (Å²) < 4.78 is 17.9. The van der Waals surface area contributed by atoms with Gasteiger partial charge in [-0.05, 0) is 53.1 Å². The average molecular weight is 309 g/mol. The standard InChI is InChI=1S/C15H16FNO3S/c16-12-1-3-13(4-2-12)20-9-15(19)17-7-5-14(18)11-6-8-21-10-11/h1-4,6,8,10,14,18H,5,7,9H2,(H,17,19). The van der Waals surface area contributed by atoms with Gasteiger partial charge < -0.3 is 15.2 Å². The molecule has 112 valence electrons. The third-order valence-corrected chi connectivity index (χ3v) is 3.55. The van der Waals surface area contributed by atoms with Crippen LogP contribution in [0.5, 0.6) is 5.75 Å². The first-order chi connectivity index (χ1) is 10.1. The van der Waals surface area contributed by atoms with Gasteiger partial charge in [-0.3, -0.25) is 4.79 Å². The highest BCUT2D eigenvalue weighted by atomic mass is 32.1. The van der Waals surface area contributed by atoms with Gasteiger partial charge in [-0.2, -0.15) is 11.3 Å². The maximum atomic E-state index is 12.7. The maximum absolute atomic E-state index is 12.7. The zero-order chi connectivity index (χ0) is 15.1. The number of benzene rings is 1. The van der Waals surface area contributed by atoms with E-state index in [9.17, 15) is 14.3 Å². The number of carbonyl (C=O) groups excluding carboxylic acids is 1. The summed E-state index contributed by atoms with van der Waals surface area (Å²) in [6, 6.07) is 7.32. The number of aliphatic hydroxyl groups is 1. The first-order valence-electron chi connectivity index (χ1n) is 6.50. The van der Waals surface area contributed by atoms with Crippen LogP contribution in [0, 0.1) is 5.82 Å². The molecule has 0 saturated heterocycles. The smallest absolute Gasteiger partial charge is 0.257 e. The van der Waals surface area contributed by atoms with Crippen LogP contribution in [0.1, 0.15) is 18.1 Å². The molecular formula is C15H16FNO3S. The minimum Gasteiger partial charge on any atom is -0.484 e. The Kier molecular flexibility index (Phi) is 5.71. The van der Waals surface area contributed by atoms with E-state index in [1.54, 1.807) is 0 Å². The topological polar surface area (TPSA) is 58.6 Å². The number of halogens is 1. The van der Waals surface area contributed by atoms with E-state index in [1.165, 1.54) is 35.6 Å². The van der Waals surface area contributed by atoms with Crippen molar-refractivity contribution in [2.45, 2.75) is 12.5 Å². The summed E-state index contributed by atoms with van der Waals surface area (Å²) in [6.45, 7) is 0.225. The summed E-state index contributed by atoms with van der Waals surface area (Å²) in [6.07, 6.45) is -0.131. The van der Waals surface area contributed by atoms with Gasteiger partial charge in [0.1, 0.15) is 11.6 Å². The van der Waals surface area contributed by atoms with Gasteiger partial charge in [0.15, 0.2) is 6.61 Å². The number of amides is 1. The highest BCUT2D eigenvalue weighted by Crippen LogP contribution is 2.18. The molecule has 4 nitrogen and oxygen atoms in total. The van der Waals surface area contributed by atoms with E-state index in [0.717, 1.165) is 5.56 Å². The van der Waals surface area contributed by atoms with Crippen molar-refractivity contribution in [3.63, 3.8) is 0 Å². The van der Waals surface area contributed by atoms with E-state index in [4.69, 9.17) is 4.74 Å². The normalized spacial score (nSPS) is 11.9. The van der Waals surface area contributed by atoms with Gasteiger partial charge in [0.05, 0.1) is 6.10 Å². The van der Waals surface area contributed by atoms with Gasteiger partial charge >= 0.3 is 0 Å². The molecule has 2 aromatic rings. The molecule has 1 aromatic heterocycles. The second kappa shape index (κ2) is 7.75. The van der Waals surface area contributed by atoms with Crippen molar-refractivity contribution in [2.24, 2.45) is 0 Å². The Bertz CT molecular complexity index is 557. The highest BCUT2D eigenvalue weighted by Gasteiger charge is 2.09. The van der Waals surface area contributed by atoms with Crippen molar-refractivity contribution < 1.29 is 19.0 Å². The molecule has 6 heteroatoms. The van der Waals surface area contributed by atoms with E-state index in [2.05, 4.69) is 5.32 Å². The van der Waals surface area contributed by atoms with Crippen LogP contribution in [0.15, 0.2) is 41.1 Å². The van der Waals surface area contributed by atoms with Gasteiger partial charge in [0.2, 0.25) is 0 Å². The van der Waals surface area contributed by atoms with Crippen LogP contribution in [-0.2, 0) is 4.79 Å². The van der Waals surface area contributed by atoms with Crippen molar-refractivity contribution >= 4 is 17.2 Å². The zero-order valence-corrected chi connectivity index (χ0v) is 12.1. The predicted octanol–water partition coefficient (Wildman–Crippen LogP) is 2.51. The van der Waals surface area contributed by atoms with E-state index >= 15 is 0 Å². The minimum absolute atomic E-state index is 0.139. The molecule has 0 spiro atoms. The van der Waals surface area contributed by atoms with Crippen LogP contribution < -0.4 is 10.1 Å². The van der Waals surface area contributed by atoms with Gasteiger partial charge in [-0.1, -0.05) is 0 Å². The third-order valence-electron chi connectivity index (χ3n) is 2.85. The molecule has 2 rings (SSSR count). The van der Waals surface area contributed by atoms with Gasteiger partial charge in [0, 0.05) is 6.54 Å². The van der Waals surface area contributed by atoms with E-state index in [0.29, 0.717) is 18.7 Å². The molecule has 0 aliphatic carbocycles. The largest absolute Gasteiger partial charge is 0.484 e. The Hall–Kier alpha value is -1.92. The number of aliphatic hydroxyl groups excluding tert-OH is 1. The molecule has 0 radical (unpaired) electrons. The lowest BCUT2D eigenvalue weighted by Crippen LogP contribution is -2.30. The Balaban J connectivity index is 1.64. The molecule has 1 heterocycles. The van der Waals surface area contributed by atoms with Crippen LogP contribution in [0.25, 0.3) is 0 Å². The molecule has 1 amide bonds. The van der Waals surface area contributed by atoms with E-state index in [-0.39, 0.29) is 18.3 Å². The molecule has 0 aliphatic rings. The summed E-state index contributed by atoms with van der Waals surface area (Å²) in [5.74, 6) is -0.198. The molecule has 0 bridgehead atoms. The summed E-state index contributed by atoms with van der Waals surface area (Å²) >= 11 is 1.52. The Labute approximate surface area is 126 Å². The zero-order valence-electron chi connectivity index (χ0n) is 11.3. The average Bonchev–Trinajstić information content (AvgIpc) is 3.01. The van der Waals surface area contributed by atoms with Crippen molar-refractivity contribution in [3.05, 3.63) is 52.5 Å². The number of nitrogens with one attached hydrogen (secondary N) is 1. The lowest BCUT2D eigenvalue weighted by Gasteiger charge is -2.10. The fourth-order valence-corrected chi connectivity index (χ4v) is 2.42. The van der Waals surface area contributed by atoms with Crippen LogP contribution >= 0.6 is 11.3 Å². The first kappa shape index (κ1) is 15.5. The molecule has 21 heavy (non-hydrogen) atoms. The highest BCUT2D eigenvalue weighted by molar-refractivity contribution is 7.07.